The molecule has 3 aliphatic rings. The van der Waals surface area contributed by atoms with Gasteiger partial charge in [0.05, 0.1) is 36.3 Å². The second-order valence-electron chi connectivity index (χ2n) is 6.70. The highest BCUT2D eigenvalue weighted by molar-refractivity contribution is 6.22. The lowest BCUT2D eigenvalue weighted by Crippen LogP contribution is -2.51. The van der Waals surface area contributed by atoms with Crippen LogP contribution in [0, 0.1) is 10.1 Å². The van der Waals surface area contributed by atoms with Gasteiger partial charge in [0.2, 0.25) is 5.91 Å². The molecule has 0 N–H and O–H groups in total. The van der Waals surface area contributed by atoms with Gasteiger partial charge in [-0.1, -0.05) is 0 Å². The first-order chi connectivity index (χ1) is 12.5. The molecule has 0 unspecified atom stereocenters. The number of nitro groups is 1. The van der Waals surface area contributed by atoms with E-state index in [9.17, 15) is 19.7 Å². The molecule has 0 radical (unpaired) electrons. The Labute approximate surface area is 149 Å². The average Bonchev–Trinajstić information content (AvgIpc) is 3.20. The van der Waals surface area contributed by atoms with Crippen LogP contribution in [-0.2, 0) is 19.1 Å². The van der Waals surface area contributed by atoms with Crippen LogP contribution in [0.2, 0.25) is 0 Å². The predicted octanol–water partition coefficient (Wildman–Crippen LogP) is 1.07. The number of piperidine rings is 1. The highest BCUT2D eigenvalue weighted by Crippen LogP contribution is 2.34. The molecule has 26 heavy (non-hydrogen) atoms. The van der Waals surface area contributed by atoms with Gasteiger partial charge >= 0.3 is 0 Å². The summed E-state index contributed by atoms with van der Waals surface area (Å²) in [5, 5.41) is 10.8. The Bertz CT molecular complexity index is 733. The molecule has 3 fully saturated rings. The topological polar surface area (TPSA) is 102 Å². The molecule has 1 aromatic rings. The minimum Gasteiger partial charge on any atom is -0.347 e. The van der Waals surface area contributed by atoms with E-state index >= 15 is 0 Å². The van der Waals surface area contributed by atoms with Crippen LogP contribution >= 0.6 is 0 Å². The largest absolute Gasteiger partial charge is 0.347 e. The SMILES string of the molecule is O=C1C[C@H](N2CCC3(CC2)OCCO3)C(=O)N1c1ccc([N+](=O)[O-])cc1. The minimum absolute atomic E-state index is 0.0812. The number of rotatable bonds is 3. The molecular weight excluding hydrogens is 342 g/mol. The number of anilines is 1. The molecule has 3 aliphatic heterocycles. The molecule has 3 saturated heterocycles. The van der Waals surface area contributed by atoms with Crippen molar-refractivity contribution < 1.29 is 24.0 Å². The molecule has 3 heterocycles. The molecule has 9 nitrogen and oxygen atoms in total. The van der Waals surface area contributed by atoms with E-state index in [0.29, 0.717) is 44.8 Å². The van der Waals surface area contributed by atoms with Crippen LogP contribution in [0.25, 0.3) is 0 Å². The molecule has 4 rings (SSSR count). The fourth-order valence-electron chi connectivity index (χ4n) is 3.86. The van der Waals surface area contributed by atoms with E-state index in [1.165, 1.54) is 24.3 Å². The molecule has 0 bridgehead atoms. The molecule has 0 saturated carbocycles. The number of amides is 2. The van der Waals surface area contributed by atoms with Gasteiger partial charge in [-0.25, -0.2) is 4.90 Å². The number of hydrogen-bond donors (Lipinski definition) is 0. The van der Waals surface area contributed by atoms with Crippen molar-refractivity contribution in [2.24, 2.45) is 0 Å². The second-order valence-corrected chi connectivity index (χ2v) is 6.70. The maximum atomic E-state index is 12.8. The summed E-state index contributed by atoms with van der Waals surface area (Å²) in [6, 6.07) is 4.95. The van der Waals surface area contributed by atoms with Gasteiger partial charge in [0.1, 0.15) is 0 Å². The first-order valence-corrected chi connectivity index (χ1v) is 8.62. The van der Waals surface area contributed by atoms with Crippen LogP contribution in [-0.4, -0.2) is 59.8 Å². The zero-order chi connectivity index (χ0) is 18.3. The summed E-state index contributed by atoms with van der Waals surface area (Å²) in [5.74, 6) is -1.10. The van der Waals surface area contributed by atoms with E-state index in [2.05, 4.69) is 0 Å². The number of nitrogens with zero attached hydrogens (tertiary/aromatic N) is 3. The highest BCUT2D eigenvalue weighted by Gasteiger charge is 2.47. The van der Waals surface area contributed by atoms with Crippen LogP contribution in [0.15, 0.2) is 24.3 Å². The number of carbonyl (C=O) groups excluding carboxylic acids is 2. The van der Waals surface area contributed by atoms with E-state index in [1.807, 2.05) is 4.90 Å². The van der Waals surface area contributed by atoms with Crippen LogP contribution < -0.4 is 4.90 Å². The van der Waals surface area contributed by atoms with Gasteiger partial charge in [-0.3, -0.25) is 24.6 Å². The fraction of sp³-hybridized carbons (Fsp3) is 0.529. The van der Waals surface area contributed by atoms with Gasteiger partial charge in [-0.15, -0.1) is 0 Å². The summed E-state index contributed by atoms with van der Waals surface area (Å²) < 4.78 is 11.4. The van der Waals surface area contributed by atoms with Crippen LogP contribution in [0.1, 0.15) is 19.3 Å². The molecule has 138 valence electrons. The van der Waals surface area contributed by atoms with E-state index < -0.39 is 16.8 Å². The summed E-state index contributed by atoms with van der Waals surface area (Å²) >= 11 is 0. The second kappa shape index (κ2) is 6.42. The number of nitro benzene ring substituents is 1. The molecule has 0 aromatic heterocycles. The third-order valence-electron chi connectivity index (χ3n) is 5.26. The monoisotopic (exact) mass is 361 g/mol. The van der Waals surface area contributed by atoms with Crippen LogP contribution in [0.3, 0.4) is 0 Å². The van der Waals surface area contributed by atoms with E-state index in [-0.39, 0.29) is 23.9 Å². The summed E-state index contributed by atoms with van der Waals surface area (Å²) in [4.78, 5) is 38.6. The lowest BCUT2D eigenvalue weighted by molar-refractivity contribution is -0.384. The predicted molar refractivity (Wildman–Crippen MR) is 89.4 cm³/mol. The van der Waals surface area contributed by atoms with Crippen molar-refractivity contribution >= 4 is 23.2 Å². The summed E-state index contributed by atoms with van der Waals surface area (Å²) in [6.07, 6.45) is 1.45. The molecule has 1 atom stereocenters. The van der Waals surface area contributed by atoms with Crippen molar-refractivity contribution in [3.05, 3.63) is 34.4 Å². The van der Waals surface area contributed by atoms with Gasteiger partial charge in [0, 0.05) is 38.1 Å². The van der Waals surface area contributed by atoms with Gasteiger partial charge in [0.25, 0.3) is 11.6 Å². The average molecular weight is 361 g/mol. The Balaban J connectivity index is 1.46. The van der Waals surface area contributed by atoms with E-state index in [1.54, 1.807) is 0 Å². The number of hydrogen-bond acceptors (Lipinski definition) is 7. The zero-order valence-corrected chi connectivity index (χ0v) is 14.1. The lowest BCUT2D eigenvalue weighted by atomic mass is 10.0. The molecule has 1 spiro atoms. The number of imide groups is 1. The Morgan fingerprint density at radius 1 is 1.08 bits per heavy atom. The molecule has 2 amide bonds. The van der Waals surface area contributed by atoms with Crippen molar-refractivity contribution in [2.45, 2.75) is 31.1 Å². The van der Waals surface area contributed by atoms with E-state index in [4.69, 9.17) is 9.47 Å². The molecular formula is C17H19N3O6. The Kier molecular flexibility index (Phi) is 4.22. The summed E-state index contributed by atoms with van der Waals surface area (Å²) in [5.41, 5.74) is 0.284. The number of non-ortho nitro benzene ring substituents is 1. The molecule has 1 aromatic carbocycles. The molecule has 0 aliphatic carbocycles. The van der Waals surface area contributed by atoms with Crippen molar-refractivity contribution in [3.63, 3.8) is 0 Å². The normalized spacial score (nSPS) is 26.0. The van der Waals surface area contributed by atoms with Crippen LogP contribution in [0.5, 0.6) is 0 Å². The maximum absolute atomic E-state index is 12.8. The third-order valence-corrected chi connectivity index (χ3v) is 5.26. The summed E-state index contributed by atoms with van der Waals surface area (Å²) in [7, 11) is 0. The van der Waals surface area contributed by atoms with Gasteiger partial charge in [0.15, 0.2) is 5.79 Å². The number of benzene rings is 1. The Morgan fingerprint density at radius 2 is 1.69 bits per heavy atom. The van der Waals surface area contributed by atoms with Gasteiger partial charge in [-0.2, -0.15) is 0 Å². The maximum Gasteiger partial charge on any atom is 0.269 e. The van der Waals surface area contributed by atoms with Gasteiger partial charge < -0.3 is 9.47 Å². The van der Waals surface area contributed by atoms with Crippen molar-refractivity contribution in [1.29, 1.82) is 0 Å². The smallest absolute Gasteiger partial charge is 0.269 e. The number of ether oxygens (including phenoxy) is 2. The summed E-state index contributed by atoms with van der Waals surface area (Å²) in [6.45, 7) is 2.43. The fourth-order valence-corrected chi connectivity index (χ4v) is 3.86. The zero-order valence-electron chi connectivity index (χ0n) is 14.1. The number of carbonyl (C=O) groups is 2. The lowest BCUT2D eigenvalue weighted by Gasteiger charge is -2.39. The Morgan fingerprint density at radius 3 is 2.27 bits per heavy atom. The first-order valence-electron chi connectivity index (χ1n) is 8.62. The quantitative estimate of drug-likeness (QED) is 0.451. The molecule has 9 heteroatoms. The minimum atomic E-state index is -0.528. The number of likely N-dealkylation sites (tertiary alicyclic amines) is 1. The van der Waals surface area contributed by atoms with Crippen LogP contribution in [0.4, 0.5) is 11.4 Å². The third kappa shape index (κ3) is 2.87. The van der Waals surface area contributed by atoms with E-state index in [0.717, 1.165) is 4.90 Å². The first kappa shape index (κ1) is 17.1. The highest BCUT2D eigenvalue weighted by atomic mass is 16.7. The Hall–Kier alpha value is -2.36. The van der Waals surface area contributed by atoms with Gasteiger partial charge in [-0.05, 0) is 12.1 Å². The van der Waals surface area contributed by atoms with Crippen molar-refractivity contribution in [2.75, 3.05) is 31.2 Å². The van der Waals surface area contributed by atoms with Crippen molar-refractivity contribution in [3.8, 4) is 0 Å². The standard InChI is InChI=1S/C17H19N3O6/c21-15-11-14(18-7-5-17(6-8-18)25-9-10-26-17)16(22)19(15)12-1-3-13(4-2-12)20(23)24/h1-4,14H,5-11H2/t14-/m0/s1. The van der Waals surface area contributed by atoms with Crippen molar-refractivity contribution in [1.82, 2.24) is 4.90 Å².